The highest BCUT2D eigenvalue weighted by molar-refractivity contribution is 4.63. The van der Waals surface area contributed by atoms with E-state index < -0.39 is 0 Å². The number of halogens is 2. The Balaban J connectivity index is -0.00000544. The van der Waals surface area contributed by atoms with Crippen molar-refractivity contribution in [3.63, 3.8) is 0 Å². The molecule has 0 saturated heterocycles. The first kappa shape index (κ1) is 40.9. The average molecular weight is 556 g/mol. The molecule has 0 amide bonds. The molecule has 0 aromatic rings. The van der Waals surface area contributed by atoms with Gasteiger partial charge in [-0.15, -0.1) is 0 Å². The molecule has 0 N–H and O–H groups in total. The number of hydrogen-bond donors (Lipinski definition) is 0. The highest BCUT2D eigenvalue weighted by Crippen LogP contribution is 2.19. The van der Waals surface area contributed by atoms with E-state index in [1.54, 1.807) is 0 Å². The van der Waals surface area contributed by atoms with E-state index in [2.05, 4.69) is 55.4 Å². The number of unbranched alkanes of at least 4 members (excludes halogenated alkanes) is 11. The van der Waals surface area contributed by atoms with Crippen LogP contribution < -0.4 is 24.8 Å². The number of ether oxygens (including phenoxy) is 1. The van der Waals surface area contributed by atoms with Crippen molar-refractivity contribution in [1.29, 1.82) is 0 Å². The molecule has 0 rings (SSSR count). The second-order valence-corrected chi connectivity index (χ2v) is 11.2. The Hall–Kier alpha value is 0.460. The first-order valence-electron chi connectivity index (χ1n) is 15.8. The predicted molar refractivity (Wildman–Crippen MR) is 154 cm³/mol. The van der Waals surface area contributed by atoms with E-state index in [0.717, 1.165) is 0 Å². The molecule has 0 aromatic heterocycles. The molecule has 36 heavy (non-hydrogen) atoms. The quantitative estimate of drug-likeness (QED) is 0.124. The highest BCUT2D eigenvalue weighted by Gasteiger charge is 2.34. The van der Waals surface area contributed by atoms with Crippen molar-refractivity contribution in [1.82, 2.24) is 0 Å². The fraction of sp³-hybridized carbons (Fsp3) is 1.00. The van der Waals surface area contributed by atoms with Crippen molar-refractivity contribution in [2.24, 2.45) is 0 Å². The zero-order valence-corrected chi connectivity index (χ0v) is 27.6. The lowest BCUT2D eigenvalue weighted by molar-refractivity contribution is -0.946. The van der Waals surface area contributed by atoms with Crippen LogP contribution in [-0.2, 0) is 4.74 Å². The summed E-state index contributed by atoms with van der Waals surface area (Å²) in [6.07, 6.45) is 19.0. The van der Waals surface area contributed by atoms with Crippen molar-refractivity contribution in [3.8, 4) is 0 Å². The third-order valence-electron chi connectivity index (χ3n) is 9.10. The fourth-order valence-electron chi connectivity index (χ4n) is 5.79. The van der Waals surface area contributed by atoms with E-state index >= 15 is 0 Å². The van der Waals surface area contributed by atoms with Gasteiger partial charge in [0.05, 0.1) is 45.4 Å². The van der Waals surface area contributed by atoms with Gasteiger partial charge < -0.3 is 38.5 Å². The SMILES string of the molecule is CCCCCCCCCCCCCCC(C)OC(C[N+](CC)(CC)CC)C[N+](CC)(CC)CC.[Cl-].[Cl-]. The number of quaternary nitrogens is 2. The van der Waals surface area contributed by atoms with Gasteiger partial charge in [-0.2, -0.15) is 0 Å². The van der Waals surface area contributed by atoms with Crippen molar-refractivity contribution in [3.05, 3.63) is 0 Å². The molecule has 0 radical (unpaired) electrons. The molecule has 0 fully saturated rings. The first-order chi connectivity index (χ1) is 16.4. The maximum atomic E-state index is 6.84. The first-order valence-corrected chi connectivity index (χ1v) is 15.8. The molecule has 0 aliphatic rings. The van der Waals surface area contributed by atoms with Crippen LogP contribution in [0, 0.1) is 0 Å². The minimum Gasteiger partial charge on any atom is -1.00 e. The second-order valence-electron chi connectivity index (χ2n) is 11.2. The van der Waals surface area contributed by atoms with Gasteiger partial charge in [0.25, 0.3) is 0 Å². The summed E-state index contributed by atoms with van der Waals surface area (Å²) >= 11 is 0. The number of hydrogen-bond acceptors (Lipinski definition) is 1. The number of nitrogens with zero attached hydrogens (tertiary/aromatic N) is 2. The van der Waals surface area contributed by atoms with Crippen LogP contribution in [0.1, 0.15) is 139 Å². The van der Waals surface area contributed by atoms with E-state index in [1.165, 1.54) is 145 Å². The lowest BCUT2D eigenvalue weighted by Gasteiger charge is -2.43. The predicted octanol–water partition coefficient (Wildman–Crippen LogP) is 2.61. The van der Waals surface area contributed by atoms with Crippen LogP contribution in [0.5, 0.6) is 0 Å². The minimum absolute atomic E-state index is 0. The largest absolute Gasteiger partial charge is 1.00 e. The fourth-order valence-corrected chi connectivity index (χ4v) is 5.79. The van der Waals surface area contributed by atoms with E-state index in [4.69, 9.17) is 4.74 Å². The maximum absolute atomic E-state index is 6.84. The van der Waals surface area contributed by atoms with Gasteiger partial charge in [-0.1, -0.05) is 84.0 Å². The molecule has 1 atom stereocenters. The summed E-state index contributed by atoms with van der Waals surface area (Å²) < 4.78 is 9.22. The van der Waals surface area contributed by atoms with E-state index in [0.29, 0.717) is 12.2 Å². The standard InChI is InChI=1S/C31H68N2O.2ClH/c1-9-16-17-18-19-20-21-22-23-24-25-26-27-30(8)34-31(28-32(10-2,11-3)12-4)29-33(13-5,14-6)15-7;;/h30-31H,9-29H2,1-8H3;2*1H/q+2;;/p-2. The molecule has 0 bridgehead atoms. The van der Waals surface area contributed by atoms with Crippen LogP contribution in [0.2, 0.25) is 0 Å². The zero-order chi connectivity index (χ0) is 25.7. The Bertz CT molecular complexity index is 404. The van der Waals surface area contributed by atoms with E-state index in [9.17, 15) is 0 Å². The molecule has 0 aromatic carbocycles. The molecule has 0 spiro atoms. The van der Waals surface area contributed by atoms with Gasteiger partial charge >= 0.3 is 0 Å². The van der Waals surface area contributed by atoms with Crippen molar-refractivity contribution < 1.29 is 38.5 Å². The van der Waals surface area contributed by atoms with Gasteiger partial charge in [-0.25, -0.2) is 0 Å². The van der Waals surface area contributed by atoms with E-state index in [-0.39, 0.29) is 24.8 Å². The maximum Gasteiger partial charge on any atom is 0.155 e. The Morgan fingerprint density at radius 1 is 0.472 bits per heavy atom. The highest BCUT2D eigenvalue weighted by atomic mass is 35.5. The summed E-state index contributed by atoms with van der Waals surface area (Å²) in [6.45, 7) is 28.4. The Morgan fingerprint density at radius 3 is 1.08 bits per heavy atom. The zero-order valence-electron chi connectivity index (χ0n) is 26.1. The van der Waals surface area contributed by atoms with Crippen LogP contribution in [0.25, 0.3) is 0 Å². The summed E-state index contributed by atoms with van der Waals surface area (Å²) in [5.41, 5.74) is 0. The third kappa shape index (κ3) is 17.9. The van der Waals surface area contributed by atoms with Crippen LogP contribution in [0.4, 0.5) is 0 Å². The summed E-state index contributed by atoms with van der Waals surface area (Å²) in [4.78, 5) is 0. The normalized spacial score (nSPS) is 12.9. The molecule has 0 aliphatic heterocycles. The lowest BCUT2D eigenvalue weighted by atomic mass is 10.0. The Morgan fingerprint density at radius 2 is 0.778 bits per heavy atom. The Kier molecular flexibility index (Phi) is 29.3. The van der Waals surface area contributed by atoms with Crippen LogP contribution >= 0.6 is 0 Å². The number of rotatable bonds is 25. The van der Waals surface area contributed by atoms with E-state index in [1.807, 2.05) is 0 Å². The van der Waals surface area contributed by atoms with Gasteiger partial charge in [0.2, 0.25) is 0 Å². The van der Waals surface area contributed by atoms with Crippen molar-refractivity contribution in [2.45, 2.75) is 151 Å². The monoisotopic (exact) mass is 554 g/mol. The summed E-state index contributed by atoms with van der Waals surface area (Å²) in [5, 5.41) is 0. The Labute approximate surface area is 241 Å². The van der Waals surface area contributed by atoms with Crippen LogP contribution in [-0.4, -0.2) is 73.5 Å². The van der Waals surface area contributed by atoms with Gasteiger partial charge in [-0.05, 0) is 54.9 Å². The van der Waals surface area contributed by atoms with Gasteiger partial charge in [0, 0.05) is 0 Å². The van der Waals surface area contributed by atoms with Crippen molar-refractivity contribution >= 4 is 0 Å². The summed E-state index contributed by atoms with van der Waals surface area (Å²) in [5.74, 6) is 0. The third-order valence-corrected chi connectivity index (χ3v) is 9.10. The molecule has 0 aliphatic carbocycles. The number of likely N-dealkylation sites (N-methyl/N-ethyl adjacent to an activating group) is 2. The van der Waals surface area contributed by atoms with Gasteiger partial charge in [-0.3, -0.25) is 0 Å². The lowest BCUT2D eigenvalue weighted by Crippen LogP contribution is -3.00. The summed E-state index contributed by atoms with van der Waals surface area (Å²) in [7, 11) is 0. The molecule has 0 heterocycles. The topological polar surface area (TPSA) is 9.23 Å². The second kappa shape index (κ2) is 25.7. The molecule has 5 heteroatoms. The molecule has 3 nitrogen and oxygen atoms in total. The summed E-state index contributed by atoms with van der Waals surface area (Å²) in [6, 6.07) is 0. The average Bonchev–Trinajstić information content (AvgIpc) is 2.86. The van der Waals surface area contributed by atoms with Crippen molar-refractivity contribution in [2.75, 3.05) is 52.4 Å². The molecule has 1 unspecified atom stereocenters. The minimum atomic E-state index is 0. The molecular formula is C31H68Cl2N2O. The van der Waals surface area contributed by atoms with Gasteiger partial charge in [0.15, 0.2) is 6.10 Å². The molecular weight excluding hydrogens is 487 g/mol. The van der Waals surface area contributed by atoms with Crippen LogP contribution in [0.15, 0.2) is 0 Å². The smallest absolute Gasteiger partial charge is 0.155 e. The molecule has 222 valence electrons. The van der Waals surface area contributed by atoms with Gasteiger partial charge in [0.1, 0.15) is 13.1 Å². The molecule has 0 saturated carbocycles. The van der Waals surface area contributed by atoms with Crippen LogP contribution in [0.3, 0.4) is 0 Å².